The lowest BCUT2D eigenvalue weighted by Crippen LogP contribution is -2.35. The van der Waals surface area contributed by atoms with Crippen molar-refractivity contribution in [2.24, 2.45) is 0 Å². The summed E-state index contributed by atoms with van der Waals surface area (Å²) in [6.45, 7) is 2.25. The van der Waals surface area contributed by atoms with E-state index in [1.165, 1.54) is 0 Å². The van der Waals surface area contributed by atoms with Crippen molar-refractivity contribution in [3.63, 3.8) is 0 Å². The van der Waals surface area contributed by atoms with E-state index in [1.54, 1.807) is 0 Å². The van der Waals surface area contributed by atoms with Gasteiger partial charge in [0.05, 0.1) is 19.1 Å². The third-order valence-electron chi connectivity index (χ3n) is 1.92. The Morgan fingerprint density at radius 3 is 3.08 bits per heavy atom. The molecule has 0 spiro atoms. The lowest BCUT2D eigenvalue weighted by Gasteiger charge is -2.22. The first-order valence-electron chi connectivity index (χ1n) is 4.33. The second kappa shape index (κ2) is 5.11. The van der Waals surface area contributed by atoms with E-state index < -0.39 is 5.97 Å². The van der Waals surface area contributed by atoms with E-state index >= 15 is 0 Å². The fourth-order valence-electron chi connectivity index (χ4n) is 1.28. The molecule has 0 bridgehead atoms. The van der Waals surface area contributed by atoms with Crippen LogP contribution in [0.2, 0.25) is 0 Å². The molecule has 1 aliphatic heterocycles. The Kier molecular flexibility index (Phi) is 4.04. The van der Waals surface area contributed by atoms with Crippen molar-refractivity contribution >= 4 is 5.97 Å². The Morgan fingerprint density at radius 2 is 2.50 bits per heavy atom. The van der Waals surface area contributed by atoms with Gasteiger partial charge in [0.2, 0.25) is 0 Å². The number of nitrogens with one attached hydrogen (secondary N) is 1. The maximum Gasteiger partial charge on any atom is 0.305 e. The highest BCUT2D eigenvalue weighted by Gasteiger charge is 2.12. The maximum absolute atomic E-state index is 10.1. The van der Waals surface area contributed by atoms with Crippen LogP contribution in [0.3, 0.4) is 0 Å². The van der Waals surface area contributed by atoms with Crippen LogP contribution in [-0.4, -0.2) is 36.9 Å². The molecule has 0 aromatic heterocycles. The van der Waals surface area contributed by atoms with Gasteiger partial charge in [-0.2, -0.15) is 0 Å². The summed E-state index contributed by atoms with van der Waals surface area (Å²) in [6, 6.07) is 0. The van der Waals surface area contributed by atoms with E-state index in [0.717, 1.165) is 25.9 Å². The van der Waals surface area contributed by atoms with Crippen molar-refractivity contribution in [3.05, 3.63) is 0 Å². The molecule has 0 aromatic carbocycles. The number of aliphatic carboxylic acids is 1. The lowest BCUT2D eigenvalue weighted by atomic mass is 10.1. The van der Waals surface area contributed by atoms with Gasteiger partial charge in [0.25, 0.3) is 0 Å². The highest BCUT2D eigenvalue weighted by Crippen LogP contribution is 2.05. The van der Waals surface area contributed by atoms with Crippen molar-refractivity contribution in [2.75, 3.05) is 19.7 Å². The normalized spacial score (nSPS) is 23.8. The van der Waals surface area contributed by atoms with Crippen molar-refractivity contribution in [2.45, 2.75) is 25.4 Å². The summed E-state index contributed by atoms with van der Waals surface area (Å²) in [7, 11) is 0. The van der Waals surface area contributed by atoms with Gasteiger partial charge < -0.3 is 15.2 Å². The zero-order valence-electron chi connectivity index (χ0n) is 7.08. The quantitative estimate of drug-likeness (QED) is 0.639. The summed E-state index contributed by atoms with van der Waals surface area (Å²) < 4.78 is 5.35. The summed E-state index contributed by atoms with van der Waals surface area (Å²) in [4.78, 5) is 10.1. The van der Waals surface area contributed by atoms with Gasteiger partial charge in [-0.1, -0.05) is 0 Å². The molecule has 4 nitrogen and oxygen atoms in total. The summed E-state index contributed by atoms with van der Waals surface area (Å²) in [5, 5.41) is 11.5. The Hall–Kier alpha value is -0.610. The van der Waals surface area contributed by atoms with E-state index in [1.807, 2.05) is 0 Å². The molecule has 2 N–H and O–H groups in total. The van der Waals surface area contributed by atoms with Crippen molar-refractivity contribution in [3.8, 4) is 0 Å². The fourth-order valence-corrected chi connectivity index (χ4v) is 1.28. The van der Waals surface area contributed by atoms with Crippen LogP contribution in [0.4, 0.5) is 0 Å². The van der Waals surface area contributed by atoms with E-state index in [-0.39, 0.29) is 12.5 Å². The van der Waals surface area contributed by atoms with E-state index in [2.05, 4.69) is 5.32 Å². The van der Waals surface area contributed by atoms with Crippen LogP contribution in [0.25, 0.3) is 0 Å². The molecule has 1 atom stereocenters. The molecule has 1 heterocycles. The topological polar surface area (TPSA) is 58.6 Å². The number of piperidine rings is 1. The Balaban J connectivity index is 2.01. The largest absolute Gasteiger partial charge is 0.481 e. The monoisotopic (exact) mass is 173 g/mol. The van der Waals surface area contributed by atoms with Gasteiger partial charge in [-0.15, -0.1) is 0 Å². The summed E-state index contributed by atoms with van der Waals surface area (Å²) >= 11 is 0. The molecule has 0 amide bonds. The molecular weight excluding hydrogens is 158 g/mol. The first-order valence-corrected chi connectivity index (χ1v) is 4.33. The van der Waals surface area contributed by atoms with Crippen LogP contribution < -0.4 is 5.32 Å². The van der Waals surface area contributed by atoms with Gasteiger partial charge in [0.15, 0.2) is 0 Å². The minimum absolute atomic E-state index is 0.108. The van der Waals surface area contributed by atoms with E-state index in [9.17, 15) is 4.79 Å². The molecule has 4 heteroatoms. The summed E-state index contributed by atoms with van der Waals surface area (Å²) in [6.07, 6.45) is 2.50. The van der Waals surface area contributed by atoms with Gasteiger partial charge in [-0.3, -0.25) is 4.79 Å². The van der Waals surface area contributed by atoms with Crippen LogP contribution in [0.1, 0.15) is 19.3 Å². The molecule has 12 heavy (non-hydrogen) atoms. The Morgan fingerprint density at radius 1 is 1.67 bits per heavy atom. The van der Waals surface area contributed by atoms with Crippen LogP contribution in [0, 0.1) is 0 Å². The highest BCUT2D eigenvalue weighted by atomic mass is 16.5. The van der Waals surface area contributed by atoms with Crippen molar-refractivity contribution in [1.82, 2.24) is 5.32 Å². The van der Waals surface area contributed by atoms with Gasteiger partial charge in [-0.05, 0) is 19.4 Å². The molecule has 0 aromatic rings. The number of hydrogen-bond donors (Lipinski definition) is 2. The standard InChI is InChI=1S/C8H15NO3/c10-8(11)3-5-12-7-2-1-4-9-6-7/h7,9H,1-6H2,(H,10,11). The minimum atomic E-state index is -0.793. The first kappa shape index (κ1) is 9.48. The molecule has 1 fully saturated rings. The number of rotatable bonds is 4. The Labute approximate surface area is 71.9 Å². The molecule has 70 valence electrons. The van der Waals surface area contributed by atoms with Crippen LogP contribution in [-0.2, 0) is 9.53 Å². The number of carboxylic acid groups (broad SMARTS) is 1. The molecule has 0 saturated carbocycles. The molecule has 0 aliphatic carbocycles. The molecular formula is C8H15NO3. The Bertz CT molecular complexity index is 143. The van der Waals surface area contributed by atoms with E-state index in [0.29, 0.717) is 6.61 Å². The second-order valence-corrected chi connectivity index (χ2v) is 2.98. The molecule has 0 radical (unpaired) electrons. The zero-order valence-corrected chi connectivity index (χ0v) is 7.08. The SMILES string of the molecule is O=C(O)CCOC1CCCNC1. The average Bonchev–Trinajstić information content (AvgIpc) is 2.05. The predicted molar refractivity (Wildman–Crippen MR) is 44.1 cm³/mol. The van der Waals surface area contributed by atoms with Gasteiger partial charge in [0, 0.05) is 6.54 Å². The second-order valence-electron chi connectivity index (χ2n) is 2.98. The molecule has 1 unspecified atom stereocenters. The van der Waals surface area contributed by atoms with Crippen LogP contribution in [0.15, 0.2) is 0 Å². The van der Waals surface area contributed by atoms with Gasteiger partial charge in [0.1, 0.15) is 0 Å². The molecule has 1 aliphatic rings. The predicted octanol–water partition coefficient (Wildman–Crippen LogP) is 0.230. The first-order chi connectivity index (χ1) is 5.79. The summed E-state index contributed by atoms with van der Waals surface area (Å²) in [5.74, 6) is -0.793. The van der Waals surface area contributed by atoms with E-state index in [4.69, 9.17) is 9.84 Å². The van der Waals surface area contributed by atoms with Crippen LogP contribution in [0.5, 0.6) is 0 Å². The lowest BCUT2D eigenvalue weighted by molar-refractivity contribution is -0.138. The van der Waals surface area contributed by atoms with Crippen molar-refractivity contribution in [1.29, 1.82) is 0 Å². The van der Waals surface area contributed by atoms with Crippen LogP contribution >= 0.6 is 0 Å². The molecule has 1 saturated heterocycles. The van der Waals surface area contributed by atoms with Gasteiger partial charge in [-0.25, -0.2) is 0 Å². The smallest absolute Gasteiger partial charge is 0.305 e. The third-order valence-corrected chi connectivity index (χ3v) is 1.92. The number of carbonyl (C=O) groups is 1. The highest BCUT2D eigenvalue weighted by molar-refractivity contribution is 5.66. The fraction of sp³-hybridized carbons (Fsp3) is 0.875. The van der Waals surface area contributed by atoms with Gasteiger partial charge >= 0.3 is 5.97 Å². The minimum Gasteiger partial charge on any atom is -0.481 e. The number of carboxylic acids is 1. The number of hydrogen-bond acceptors (Lipinski definition) is 3. The van der Waals surface area contributed by atoms with Crippen molar-refractivity contribution < 1.29 is 14.6 Å². The average molecular weight is 173 g/mol. The number of ether oxygens (including phenoxy) is 1. The summed E-state index contributed by atoms with van der Waals surface area (Å²) in [5.41, 5.74) is 0. The maximum atomic E-state index is 10.1. The third kappa shape index (κ3) is 3.69. The molecule has 1 rings (SSSR count). The zero-order chi connectivity index (χ0) is 8.81.